The van der Waals surface area contributed by atoms with Crippen molar-refractivity contribution in [3.63, 3.8) is 0 Å². The van der Waals surface area contributed by atoms with Gasteiger partial charge in [-0.1, -0.05) is 35.6 Å². The second-order valence-corrected chi connectivity index (χ2v) is 9.04. The lowest BCUT2D eigenvalue weighted by atomic mass is 10.0. The van der Waals surface area contributed by atoms with Crippen LogP contribution >= 0.6 is 11.3 Å². The van der Waals surface area contributed by atoms with Gasteiger partial charge in [-0.2, -0.15) is 13.2 Å². The van der Waals surface area contributed by atoms with Crippen molar-refractivity contribution in [1.29, 1.82) is 0 Å². The van der Waals surface area contributed by atoms with Crippen LogP contribution in [0.1, 0.15) is 11.1 Å². The van der Waals surface area contributed by atoms with Gasteiger partial charge in [-0.25, -0.2) is 9.97 Å². The summed E-state index contributed by atoms with van der Waals surface area (Å²) in [6, 6.07) is 12.8. The van der Waals surface area contributed by atoms with Crippen molar-refractivity contribution in [1.82, 2.24) is 15.0 Å². The molecule has 0 unspecified atom stereocenters. The maximum Gasteiger partial charge on any atom is 0.416 e. The van der Waals surface area contributed by atoms with E-state index >= 15 is 0 Å². The first-order chi connectivity index (χ1) is 16.9. The van der Waals surface area contributed by atoms with E-state index in [2.05, 4.69) is 21.4 Å². The van der Waals surface area contributed by atoms with Crippen LogP contribution in [0, 0.1) is 0 Å². The van der Waals surface area contributed by atoms with E-state index in [-0.39, 0.29) is 6.04 Å². The highest BCUT2D eigenvalue weighted by Gasteiger charge is 2.30. The summed E-state index contributed by atoms with van der Waals surface area (Å²) in [5, 5.41) is 6.01. The van der Waals surface area contributed by atoms with E-state index in [0.717, 1.165) is 38.9 Å². The summed E-state index contributed by atoms with van der Waals surface area (Å²) >= 11 is 1.47. The molecule has 35 heavy (non-hydrogen) atoms. The van der Waals surface area contributed by atoms with Crippen molar-refractivity contribution in [3.8, 4) is 21.9 Å². The number of benzene rings is 2. The third-order valence-corrected chi connectivity index (χ3v) is 6.55. The number of aromatic nitrogens is 3. The summed E-state index contributed by atoms with van der Waals surface area (Å²) in [7, 11) is 0. The van der Waals surface area contributed by atoms with E-state index < -0.39 is 11.7 Å². The van der Waals surface area contributed by atoms with Crippen LogP contribution in [-0.4, -0.2) is 27.5 Å². The van der Waals surface area contributed by atoms with Gasteiger partial charge in [0.1, 0.15) is 5.69 Å². The summed E-state index contributed by atoms with van der Waals surface area (Å²) < 4.78 is 43.8. The number of hydrogen-bond donors (Lipinski definition) is 2. The van der Waals surface area contributed by atoms with Crippen LogP contribution in [0.15, 0.2) is 77.9 Å². The molecular formula is C25H20F3N5OS. The van der Waals surface area contributed by atoms with Gasteiger partial charge in [-0.3, -0.25) is 4.98 Å². The minimum atomic E-state index is -4.35. The van der Waals surface area contributed by atoms with Gasteiger partial charge in [0, 0.05) is 30.4 Å². The van der Waals surface area contributed by atoms with Crippen molar-refractivity contribution in [3.05, 3.63) is 84.6 Å². The molecule has 0 spiro atoms. The van der Waals surface area contributed by atoms with E-state index in [1.165, 1.54) is 29.9 Å². The van der Waals surface area contributed by atoms with Gasteiger partial charge in [-0.05, 0) is 47.2 Å². The van der Waals surface area contributed by atoms with E-state index in [1.54, 1.807) is 12.4 Å². The van der Waals surface area contributed by atoms with Crippen molar-refractivity contribution in [2.24, 2.45) is 5.73 Å². The Morgan fingerprint density at radius 1 is 1.00 bits per heavy atom. The normalized spacial score (nSPS) is 12.7. The average Bonchev–Trinajstić information content (AvgIpc) is 3.52. The molecule has 0 saturated heterocycles. The van der Waals surface area contributed by atoms with Crippen molar-refractivity contribution in [2.45, 2.75) is 18.6 Å². The number of oxazole rings is 1. The molecule has 0 amide bonds. The molecule has 178 valence electrons. The molecule has 0 aliphatic rings. The van der Waals surface area contributed by atoms with Crippen LogP contribution in [0.5, 0.6) is 0 Å². The molecule has 5 rings (SSSR count). The summed E-state index contributed by atoms with van der Waals surface area (Å²) in [4.78, 5) is 13.8. The molecule has 3 N–H and O–H groups in total. The lowest BCUT2D eigenvalue weighted by Gasteiger charge is -2.13. The van der Waals surface area contributed by atoms with Crippen LogP contribution in [0.4, 0.5) is 18.3 Å². The fourth-order valence-corrected chi connectivity index (χ4v) is 4.71. The fourth-order valence-electron chi connectivity index (χ4n) is 3.74. The zero-order valence-corrected chi connectivity index (χ0v) is 19.1. The highest BCUT2D eigenvalue weighted by atomic mass is 32.1. The molecule has 0 radical (unpaired) electrons. The second-order valence-electron chi connectivity index (χ2n) is 8.04. The standard InChI is InChI=1S/C25H20F3N5OS/c26-25(27,28)19-5-1-15(2-6-19)9-20(29)12-32-24-33-22(21-13-31-14-34-21)23(35-24)17-3-4-18-11-30-8-7-16(18)10-17/h1-8,10-11,13-14,20H,9,12,29H2,(H,32,33)/t20-/m0/s1. The van der Waals surface area contributed by atoms with Gasteiger partial charge in [0.15, 0.2) is 17.3 Å². The third kappa shape index (κ3) is 5.18. The molecule has 3 aromatic heterocycles. The van der Waals surface area contributed by atoms with Crippen molar-refractivity contribution >= 4 is 27.2 Å². The van der Waals surface area contributed by atoms with Crippen LogP contribution in [0.25, 0.3) is 32.7 Å². The van der Waals surface area contributed by atoms with Gasteiger partial charge in [0.25, 0.3) is 0 Å². The number of nitrogens with zero attached hydrogens (tertiary/aromatic N) is 3. The Morgan fingerprint density at radius 2 is 1.83 bits per heavy atom. The first kappa shape index (κ1) is 23.0. The van der Waals surface area contributed by atoms with Crippen LogP contribution in [0.2, 0.25) is 0 Å². The lowest BCUT2D eigenvalue weighted by Crippen LogP contribution is -2.31. The molecule has 6 nitrogen and oxygen atoms in total. The summed E-state index contributed by atoms with van der Waals surface area (Å²) in [6.45, 7) is 0.396. The molecule has 3 heterocycles. The minimum Gasteiger partial charge on any atom is -0.442 e. The Bertz CT molecular complexity index is 1430. The Balaban J connectivity index is 1.34. The Hall–Kier alpha value is -3.76. The van der Waals surface area contributed by atoms with Gasteiger partial charge >= 0.3 is 6.18 Å². The Kier molecular flexibility index (Phi) is 6.23. The van der Waals surface area contributed by atoms with Crippen molar-refractivity contribution in [2.75, 3.05) is 11.9 Å². The fraction of sp³-hybridized carbons (Fsp3) is 0.160. The Labute approximate surface area is 202 Å². The number of halogens is 3. The first-order valence-electron chi connectivity index (χ1n) is 10.8. The van der Waals surface area contributed by atoms with Crippen LogP contribution in [0.3, 0.4) is 0 Å². The number of thiazole rings is 1. The highest BCUT2D eigenvalue weighted by molar-refractivity contribution is 7.19. The van der Waals surface area contributed by atoms with Crippen LogP contribution < -0.4 is 11.1 Å². The molecule has 0 bridgehead atoms. The van der Waals surface area contributed by atoms with Gasteiger partial charge in [-0.15, -0.1) is 0 Å². The van der Waals surface area contributed by atoms with Crippen molar-refractivity contribution < 1.29 is 17.6 Å². The SMILES string of the molecule is N[C@H](CNc1nc(-c2cnco2)c(-c2ccc3cnccc3c2)s1)Cc1ccc(C(F)(F)F)cc1. The maximum absolute atomic E-state index is 12.8. The zero-order chi connectivity index (χ0) is 24.4. The molecule has 0 fully saturated rings. The number of fused-ring (bicyclic) bond motifs is 1. The number of rotatable bonds is 7. The smallest absolute Gasteiger partial charge is 0.416 e. The summed E-state index contributed by atoms with van der Waals surface area (Å²) in [5.74, 6) is 0.549. The molecule has 0 saturated carbocycles. The number of pyridine rings is 1. The molecular weight excluding hydrogens is 475 g/mol. The number of alkyl halides is 3. The van der Waals surface area contributed by atoms with E-state index in [9.17, 15) is 13.2 Å². The highest BCUT2D eigenvalue weighted by Crippen LogP contribution is 2.40. The molecule has 1 atom stereocenters. The number of anilines is 1. The predicted molar refractivity (Wildman–Crippen MR) is 130 cm³/mol. The van der Waals surface area contributed by atoms with E-state index in [1.807, 2.05) is 24.4 Å². The molecule has 5 aromatic rings. The Morgan fingerprint density at radius 3 is 2.57 bits per heavy atom. The molecule has 10 heteroatoms. The monoisotopic (exact) mass is 495 g/mol. The first-order valence-corrected chi connectivity index (χ1v) is 11.6. The topological polar surface area (TPSA) is 89.9 Å². The van der Waals surface area contributed by atoms with Crippen LogP contribution in [-0.2, 0) is 12.6 Å². The average molecular weight is 496 g/mol. The largest absolute Gasteiger partial charge is 0.442 e. The molecule has 0 aliphatic carbocycles. The quantitative estimate of drug-likeness (QED) is 0.287. The number of nitrogens with two attached hydrogens (primary N) is 1. The van der Waals surface area contributed by atoms with Gasteiger partial charge in [0.2, 0.25) is 0 Å². The molecule has 0 aliphatic heterocycles. The van der Waals surface area contributed by atoms with E-state index in [4.69, 9.17) is 15.1 Å². The second kappa shape index (κ2) is 9.47. The minimum absolute atomic E-state index is 0.319. The van der Waals surface area contributed by atoms with Gasteiger partial charge < -0.3 is 15.5 Å². The third-order valence-electron chi connectivity index (χ3n) is 5.49. The number of nitrogens with one attached hydrogen (secondary N) is 1. The lowest BCUT2D eigenvalue weighted by molar-refractivity contribution is -0.137. The number of hydrogen-bond acceptors (Lipinski definition) is 7. The van der Waals surface area contributed by atoms with Gasteiger partial charge in [0.05, 0.1) is 16.6 Å². The summed E-state index contributed by atoms with van der Waals surface area (Å²) in [6.07, 6.45) is 2.61. The summed E-state index contributed by atoms with van der Waals surface area (Å²) in [5.41, 5.74) is 7.96. The predicted octanol–water partition coefficient (Wildman–Crippen LogP) is 6.01. The van der Waals surface area contributed by atoms with E-state index in [0.29, 0.717) is 29.6 Å². The zero-order valence-electron chi connectivity index (χ0n) is 18.3. The maximum atomic E-state index is 12.8. The molecule has 2 aromatic carbocycles.